The van der Waals surface area contributed by atoms with Gasteiger partial charge in [-0.2, -0.15) is 0 Å². The van der Waals surface area contributed by atoms with Crippen LogP contribution in [0.25, 0.3) is 5.57 Å². The first-order valence-corrected chi connectivity index (χ1v) is 10.3. The summed E-state index contributed by atoms with van der Waals surface area (Å²) in [6, 6.07) is 16.9. The van der Waals surface area contributed by atoms with Crippen molar-refractivity contribution in [1.82, 2.24) is 4.90 Å². The number of anilines is 1. The van der Waals surface area contributed by atoms with Crippen molar-refractivity contribution in [1.29, 1.82) is 0 Å². The van der Waals surface area contributed by atoms with Gasteiger partial charge in [0.25, 0.3) is 11.8 Å². The first-order chi connectivity index (χ1) is 14.6. The van der Waals surface area contributed by atoms with Crippen molar-refractivity contribution in [3.63, 3.8) is 0 Å². The summed E-state index contributed by atoms with van der Waals surface area (Å²) < 4.78 is 10.6. The Bertz CT molecular complexity index is 907. The second-order valence-electron chi connectivity index (χ2n) is 6.84. The molecular weight excluding hydrogens is 380 g/mol. The molecule has 2 aromatic rings. The predicted octanol–water partition coefficient (Wildman–Crippen LogP) is 3.73. The minimum atomic E-state index is -0.272. The summed E-state index contributed by atoms with van der Waals surface area (Å²) in [7, 11) is 1.60. The van der Waals surface area contributed by atoms with E-state index in [-0.39, 0.29) is 11.8 Å². The molecule has 0 saturated heterocycles. The Morgan fingerprint density at radius 3 is 2.23 bits per heavy atom. The van der Waals surface area contributed by atoms with Crippen LogP contribution >= 0.6 is 0 Å². The molecule has 0 atom stereocenters. The molecule has 2 amide bonds. The van der Waals surface area contributed by atoms with Crippen LogP contribution in [0.5, 0.6) is 5.75 Å². The standard InChI is InChI=1S/C24H28N2O4/c1-4-25(19-10-7-6-8-11-19)22-21(18-12-14-20(29-3)15-13-18)23(27)26(24(22)28)16-9-17-30-5-2/h6-8,10-15H,4-5,9,16-17H2,1-3H3. The molecule has 0 aliphatic carbocycles. The average molecular weight is 408 g/mol. The second kappa shape index (κ2) is 10.1. The van der Waals surface area contributed by atoms with Gasteiger partial charge in [-0.1, -0.05) is 30.3 Å². The Balaban J connectivity index is 2.03. The average Bonchev–Trinajstić information content (AvgIpc) is 3.03. The summed E-state index contributed by atoms with van der Waals surface area (Å²) in [5.41, 5.74) is 2.41. The lowest BCUT2D eigenvalue weighted by Crippen LogP contribution is -2.36. The van der Waals surface area contributed by atoms with Crippen molar-refractivity contribution in [2.45, 2.75) is 20.3 Å². The van der Waals surface area contributed by atoms with E-state index in [2.05, 4.69) is 0 Å². The lowest BCUT2D eigenvalue weighted by atomic mass is 10.0. The number of imide groups is 1. The van der Waals surface area contributed by atoms with Crippen LogP contribution in [0.3, 0.4) is 0 Å². The Kier molecular flexibility index (Phi) is 7.25. The Morgan fingerprint density at radius 1 is 0.933 bits per heavy atom. The van der Waals surface area contributed by atoms with Crippen LogP contribution in [-0.4, -0.2) is 50.1 Å². The van der Waals surface area contributed by atoms with Gasteiger partial charge in [0.05, 0.1) is 12.7 Å². The van der Waals surface area contributed by atoms with E-state index in [1.807, 2.05) is 61.2 Å². The number of likely N-dealkylation sites (N-methyl/N-ethyl adjacent to an activating group) is 1. The fourth-order valence-electron chi connectivity index (χ4n) is 3.58. The Morgan fingerprint density at radius 2 is 1.63 bits per heavy atom. The van der Waals surface area contributed by atoms with Crippen molar-refractivity contribution in [2.75, 3.05) is 38.3 Å². The van der Waals surface area contributed by atoms with Crippen LogP contribution in [0, 0.1) is 0 Å². The van der Waals surface area contributed by atoms with Gasteiger partial charge in [-0.25, -0.2) is 0 Å². The SMILES string of the molecule is CCOCCCN1C(=O)C(c2ccc(OC)cc2)=C(N(CC)c2ccccc2)C1=O. The molecule has 0 unspecified atom stereocenters. The van der Waals surface area contributed by atoms with Crippen LogP contribution in [0.4, 0.5) is 5.69 Å². The van der Waals surface area contributed by atoms with Gasteiger partial charge in [-0.3, -0.25) is 14.5 Å². The molecule has 0 saturated carbocycles. The number of hydrogen-bond acceptors (Lipinski definition) is 5. The zero-order valence-electron chi connectivity index (χ0n) is 17.8. The molecule has 3 rings (SSSR count). The minimum absolute atomic E-state index is 0.270. The Labute approximate surface area is 177 Å². The molecule has 0 radical (unpaired) electrons. The van der Waals surface area contributed by atoms with Crippen molar-refractivity contribution in [3.8, 4) is 5.75 Å². The highest BCUT2D eigenvalue weighted by atomic mass is 16.5. The molecule has 0 aromatic heterocycles. The first-order valence-electron chi connectivity index (χ1n) is 10.3. The van der Waals surface area contributed by atoms with Gasteiger partial charge in [0.1, 0.15) is 11.4 Å². The highest BCUT2D eigenvalue weighted by Crippen LogP contribution is 2.34. The lowest BCUT2D eigenvalue weighted by molar-refractivity contribution is -0.137. The van der Waals surface area contributed by atoms with E-state index in [9.17, 15) is 9.59 Å². The molecule has 158 valence electrons. The van der Waals surface area contributed by atoms with Crippen molar-refractivity contribution >= 4 is 23.1 Å². The number of amides is 2. The zero-order valence-corrected chi connectivity index (χ0v) is 17.8. The summed E-state index contributed by atoms with van der Waals surface area (Å²) in [6.45, 7) is 5.91. The third-order valence-corrected chi connectivity index (χ3v) is 5.05. The van der Waals surface area contributed by atoms with Crippen LogP contribution in [-0.2, 0) is 14.3 Å². The molecule has 0 spiro atoms. The molecule has 30 heavy (non-hydrogen) atoms. The van der Waals surface area contributed by atoms with E-state index in [1.54, 1.807) is 19.2 Å². The quantitative estimate of drug-likeness (QED) is 0.443. The van der Waals surface area contributed by atoms with Crippen LogP contribution in [0.15, 0.2) is 60.3 Å². The van der Waals surface area contributed by atoms with E-state index in [0.717, 1.165) is 5.69 Å². The third-order valence-electron chi connectivity index (χ3n) is 5.05. The highest BCUT2D eigenvalue weighted by molar-refractivity contribution is 6.36. The van der Waals surface area contributed by atoms with E-state index >= 15 is 0 Å². The maximum atomic E-state index is 13.4. The van der Waals surface area contributed by atoms with Crippen LogP contribution < -0.4 is 9.64 Å². The third kappa shape index (κ3) is 4.39. The summed E-state index contributed by atoms with van der Waals surface area (Å²) in [5, 5.41) is 0. The maximum absolute atomic E-state index is 13.4. The van der Waals surface area contributed by atoms with Gasteiger partial charge in [0, 0.05) is 32.0 Å². The molecule has 0 bridgehead atoms. The molecule has 1 aliphatic rings. The summed E-state index contributed by atoms with van der Waals surface area (Å²) in [5.74, 6) is 0.153. The van der Waals surface area contributed by atoms with Gasteiger partial charge in [-0.15, -0.1) is 0 Å². The number of ether oxygens (including phenoxy) is 2. The monoisotopic (exact) mass is 408 g/mol. The van der Waals surface area contributed by atoms with Gasteiger partial charge in [0.15, 0.2) is 0 Å². The molecular formula is C24H28N2O4. The second-order valence-corrected chi connectivity index (χ2v) is 6.84. The van der Waals surface area contributed by atoms with E-state index in [1.165, 1.54) is 4.90 Å². The van der Waals surface area contributed by atoms with Gasteiger partial charge >= 0.3 is 0 Å². The largest absolute Gasteiger partial charge is 0.497 e. The summed E-state index contributed by atoms with van der Waals surface area (Å²) in [4.78, 5) is 30.0. The molecule has 1 aliphatic heterocycles. The number of methoxy groups -OCH3 is 1. The summed E-state index contributed by atoms with van der Waals surface area (Å²) >= 11 is 0. The number of hydrogen-bond donors (Lipinski definition) is 0. The highest BCUT2D eigenvalue weighted by Gasteiger charge is 2.41. The normalized spacial score (nSPS) is 13.9. The van der Waals surface area contributed by atoms with Crippen molar-refractivity contribution in [3.05, 3.63) is 65.9 Å². The van der Waals surface area contributed by atoms with Gasteiger partial charge in [0.2, 0.25) is 0 Å². The minimum Gasteiger partial charge on any atom is -0.497 e. The summed E-state index contributed by atoms with van der Waals surface area (Å²) in [6.07, 6.45) is 0.603. The molecule has 0 N–H and O–H groups in total. The van der Waals surface area contributed by atoms with Crippen LogP contribution in [0.1, 0.15) is 25.8 Å². The topological polar surface area (TPSA) is 59.1 Å². The zero-order chi connectivity index (χ0) is 21.5. The number of rotatable bonds is 10. The maximum Gasteiger partial charge on any atom is 0.278 e. The number of para-hydroxylation sites is 1. The van der Waals surface area contributed by atoms with Crippen molar-refractivity contribution < 1.29 is 19.1 Å². The molecule has 0 fully saturated rings. The molecule has 6 heteroatoms. The van der Waals surface area contributed by atoms with E-state index < -0.39 is 0 Å². The fourth-order valence-corrected chi connectivity index (χ4v) is 3.58. The molecule has 2 aromatic carbocycles. The molecule has 1 heterocycles. The van der Waals surface area contributed by atoms with E-state index in [4.69, 9.17) is 9.47 Å². The molecule has 6 nitrogen and oxygen atoms in total. The predicted molar refractivity (Wildman–Crippen MR) is 117 cm³/mol. The van der Waals surface area contributed by atoms with E-state index in [0.29, 0.717) is 55.3 Å². The van der Waals surface area contributed by atoms with Gasteiger partial charge in [-0.05, 0) is 50.1 Å². The van der Waals surface area contributed by atoms with Gasteiger partial charge < -0.3 is 14.4 Å². The Hall–Kier alpha value is -3.12. The first kappa shape index (κ1) is 21.6. The number of carbonyl (C=O) groups excluding carboxylic acids is 2. The number of carbonyl (C=O) groups is 2. The number of nitrogens with zero attached hydrogens (tertiary/aromatic N) is 2. The van der Waals surface area contributed by atoms with Crippen molar-refractivity contribution in [2.24, 2.45) is 0 Å². The fraction of sp³-hybridized carbons (Fsp3) is 0.333. The van der Waals surface area contributed by atoms with Crippen LogP contribution in [0.2, 0.25) is 0 Å². The number of benzene rings is 2. The lowest BCUT2D eigenvalue weighted by Gasteiger charge is -2.25. The smallest absolute Gasteiger partial charge is 0.278 e.